The molecule has 162 valence electrons. The lowest BCUT2D eigenvalue weighted by Crippen LogP contribution is -2.29. The fourth-order valence-electron chi connectivity index (χ4n) is 3.64. The van der Waals surface area contributed by atoms with Gasteiger partial charge in [0, 0.05) is 24.0 Å². The fourth-order valence-corrected chi connectivity index (χ4v) is 5.15. The van der Waals surface area contributed by atoms with Crippen molar-refractivity contribution in [1.82, 2.24) is 9.29 Å². The van der Waals surface area contributed by atoms with Gasteiger partial charge in [0.1, 0.15) is 29.8 Å². The minimum Gasteiger partial charge on any atom is -0.298 e. The summed E-state index contributed by atoms with van der Waals surface area (Å²) in [6.07, 6.45) is -0.796. The van der Waals surface area contributed by atoms with Crippen LogP contribution < -0.4 is 0 Å². The van der Waals surface area contributed by atoms with Crippen molar-refractivity contribution in [1.29, 1.82) is 0 Å². The van der Waals surface area contributed by atoms with Crippen molar-refractivity contribution < 1.29 is 30.8 Å². The average Bonchev–Trinajstić information content (AvgIpc) is 3.17. The Bertz CT molecular complexity index is 1300. The Morgan fingerprint density at radius 2 is 1.81 bits per heavy atom. The summed E-state index contributed by atoms with van der Waals surface area (Å²) in [6, 6.07) is 5.44. The van der Waals surface area contributed by atoms with Gasteiger partial charge in [-0.3, -0.25) is 4.79 Å². The first-order chi connectivity index (χ1) is 14.6. The molecule has 1 atom stereocenters. The summed E-state index contributed by atoms with van der Waals surface area (Å²) in [5.74, 6) is -3.63. The van der Waals surface area contributed by atoms with Gasteiger partial charge >= 0.3 is 0 Å². The summed E-state index contributed by atoms with van der Waals surface area (Å²) in [6.45, 7) is 0.902. The number of rotatable bonds is 4. The van der Waals surface area contributed by atoms with Crippen LogP contribution in [0.2, 0.25) is 0 Å². The molecule has 0 aliphatic carbocycles. The largest absolute Gasteiger partial charge is 0.298 e. The predicted molar refractivity (Wildman–Crippen MR) is 105 cm³/mol. The molecule has 5 nitrogen and oxygen atoms in total. The van der Waals surface area contributed by atoms with Gasteiger partial charge in [-0.25, -0.2) is 31.0 Å². The number of pyridine rings is 1. The van der Waals surface area contributed by atoms with Gasteiger partial charge in [0.15, 0.2) is 5.82 Å². The van der Waals surface area contributed by atoms with E-state index in [9.17, 15) is 30.8 Å². The molecule has 2 aromatic carbocycles. The highest BCUT2D eigenvalue weighted by Gasteiger charge is 2.34. The van der Waals surface area contributed by atoms with Crippen LogP contribution >= 0.6 is 0 Å². The minimum absolute atomic E-state index is 0.00342. The quantitative estimate of drug-likeness (QED) is 0.440. The molecule has 1 aliphatic rings. The van der Waals surface area contributed by atoms with Crippen LogP contribution in [-0.2, 0) is 10.0 Å². The van der Waals surface area contributed by atoms with E-state index >= 15 is 0 Å². The molecule has 31 heavy (non-hydrogen) atoms. The van der Waals surface area contributed by atoms with E-state index in [4.69, 9.17) is 0 Å². The Labute approximate surface area is 175 Å². The van der Waals surface area contributed by atoms with Gasteiger partial charge in [0.2, 0.25) is 10.0 Å². The molecule has 2 heterocycles. The van der Waals surface area contributed by atoms with Crippen LogP contribution in [0.1, 0.15) is 22.3 Å². The molecule has 0 radical (unpaired) electrons. The second-order valence-corrected chi connectivity index (χ2v) is 9.24. The predicted octanol–water partition coefficient (Wildman–Crippen LogP) is 4.17. The molecule has 1 saturated heterocycles. The summed E-state index contributed by atoms with van der Waals surface area (Å²) in [4.78, 5) is 14.3. The van der Waals surface area contributed by atoms with Gasteiger partial charge in [-0.05, 0) is 37.1 Å². The topological polar surface area (TPSA) is 67.3 Å². The van der Waals surface area contributed by atoms with Crippen LogP contribution in [0.25, 0.3) is 22.2 Å². The highest BCUT2D eigenvalue weighted by Crippen LogP contribution is 2.34. The lowest BCUT2D eigenvalue weighted by atomic mass is 10.0. The van der Waals surface area contributed by atoms with Crippen LogP contribution in [0.5, 0.6) is 0 Å². The third kappa shape index (κ3) is 3.59. The third-order valence-electron chi connectivity index (χ3n) is 5.31. The summed E-state index contributed by atoms with van der Waals surface area (Å²) in [7, 11) is -4.32. The molecule has 1 aromatic heterocycles. The van der Waals surface area contributed by atoms with Gasteiger partial charge in [0.05, 0.1) is 16.0 Å². The van der Waals surface area contributed by atoms with Gasteiger partial charge in [-0.1, -0.05) is 12.1 Å². The molecule has 10 heteroatoms. The van der Waals surface area contributed by atoms with Crippen molar-refractivity contribution in [3.8, 4) is 11.3 Å². The average molecular weight is 452 g/mol. The van der Waals surface area contributed by atoms with Crippen LogP contribution in [0.3, 0.4) is 0 Å². The lowest BCUT2D eigenvalue weighted by Gasteiger charge is -2.17. The maximum absolute atomic E-state index is 14.9. The van der Waals surface area contributed by atoms with Crippen molar-refractivity contribution in [2.24, 2.45) is 0 Å². The number of aldehydes is 1. The molecule has 4 rings (SSSR count). The third-order valence-corrected chi connectivity index (χ3v) is 7.16. The zero-order chi connectivity index (χ0) is 22.5. The van der Waals surface area contributed by atoms with E-state index in [0.717, 1.165) is 4.31 Å². The number of fused-ring (bicyclic) bond motifs is 1. The number of carbonyl (C=O) groups excluding carboxylic acids is 1. The molecule has 0 spiro atoms. The summed E-state index contributed by atoms with van der Waals surface area (Å²) in [5.41, 5.74) is -1.00. The molecule has 0 amide bonds. The summed E-state index contributed by atoms with van der Waals surface area (Å²) in [5, 5.41) is 0.363. The summed E-state index contributed by atoms with van der Waals surface area (Å²) >= 11 is 0. The zero-order valence-electron chi connectivity index (χ0n) is 16.2. The van der Waals surface area contributed by atoms with Gasteiger partial charge in [0.25, 0.3) is 0 Å². The van der Waals surface area contributed by atoms with Crippen molar-refractivity contribution in [3.63, 3.8) is 0 Å². The van der Waals surface area contributed by atoms with Crippen LogP contribution in [0.4, 0.5) is 17.6 Å². The second kappa shape index (κ2) is 7.69. The van der Waals surface area contributed by atoms with Crippen molar-refractivity contribution >= 4 is 27.2 Å². The summed E-state index contributed by atoms with van der Waals surface area (Å²) < 4.78 is 84.1. The zero-order valence-corrected chi connectivity index (χ0v) is 17.0. The molecular weight excluding hydrogens is 436 g/mol. The molecule has 0 bridgehead atoms. The normalized spacial score (nSPS) is 17.4. The monoisotopic (exact) mass is 452 g/mol. The number of hydrogen-bond acceptors (Lipinski definition) is 4. The fraction of sp³-hybridized carbons (Fsp3) is 0.238. The number of aryl methyl sites for hydroxylation is 1. The highest BCUT2D eigenvalue weighted by molar-refractivity contribution is 7.89. The standard InChI is InChI=1S/C21H16F4N2O3S/c1-11-15-3-2-12(10-28)6-18(15)26-21(20(11)25)19-16(23)7-14(8-17(19)24)31(29,30)27-5-4-13(22)9-27/h2-3,6-8,10,13H,4-5,9H2,1H3/t13-/m0/s1. The van der Waals surface area contributed by atoms with E-state index < -0.39 is 56.3 Å². The van der Waals surface area contributed by atoms with Crippen molar-refractivity contribution in [2.45, 2.75) is 24.4 Å². The first-order valence-corrected chi connectivity index (χ1v) is 10.8. The number of hydrogen-bond donors (Lipinski definition) is 0. The van der Waals surface area contributed by atoms with E-state index in [1.807, 2.05) is 0 Å². The van der Waals surface area contributed by atoms with Gasteiger partial charge < -0.3 is 0 Å². The first-order valence-electron chi connectivity index (χ1n) is 9.32. The number of nitrogens with zero attached hydrogens (tertiary/aromatic N) is 2. The minimum atomic E-state index is -4.32. The van der Waals surface area contributed by atoms with Crippen LogP contribution in [0.15, 0.2) is 35.2 Å². The van der Waals surface area contributed by atoms with Gasteiger partial charge in [-0.15, -0.1) is 0 Å². The Morgan fingerprint density at radius 1 is 1.13 bits per heavy atom. The SMILES string of the molecule is Cc1c(F)c(-c2c(F)cc(S(=O)(=O)N3CC[C@H](F)C3)cc2F)nc2cc(C=O)ccc12. The number of sulfonamides is 1. The number of aromatic nitrogens is 1. The van der Waals surface area contributed by atoms with Crippen molar-refractivity contribution in [3.05, 3.63) is 58.9 Å². The number of halogens is 4. The number of benzene rings is 2. The maximum atomic E-state index is 14.9. The van der Waals surface area contributed by atoms with E-state index in [-0.39, 0.29) is 29.6 Å². The van der Waals surface area contributed by atoms with E-state index in [0.29, 0.717) is 23.8 Å². The lowest BCUT2D eigenvalue weighted by molar-refractivity contribution is 0.112. The van der Waals surface area contributed by atoms with E-state index in [1.54, 1.807) is 0 Å². The number of alkyl halides is 1. The Balaban J connectivity index is 1.87. The molecule has 1 fully saturated rings. The molecule has 0 unspecified atom stereocenters. The molecule has 1 aliphatic heterocycles. The first kappa shape index (κ1) is 21.4. The van der Waals surface area contributed by atoms with E-state index in [1.165, 1.54) is 25.1 Å². The Kier molecular flexibility index (Phi) is 5.30. The van der Waals surface area contributed by atoms with E-state index in [2.05, 4.69) is 4.98 Å². The van der Waals surface area contributed by atoms with Crippen molar-refractivity contribution in [2.75, 3.05) is 13.1 Å². The molecular formula is C21H16F4N2O3S. The molecule has 3 aromatic rings. The Morgan fingerprint density at radius 3 is 2.39 bits per heavy atom. The number of carbonyl (C=O) groups is 1. The highest BCUT2D eigenvalue weighted by atomic mass is 32.2. The van der Waals surface area contributed by atoms with Crippen LogP contribution in [0, 0.1) is 24.4 Å². The second-order valence-electron chi connectivity index (χ2n) is 7.30. The van der Waals surface area contributed by atoms with Gasteiger partial charge in [-0.2, -0.15) is 4.31 Å². The van der Waals surface area contributed by atoms with Crippen LogP contribution in [-0.4, -0.2) is 43.3 Å². The molecule has 0 N–H and O–H groups in total. The Hall–Kier alpha value is -2.85. The molecule has 0 saturated carbocycles. The maximum Gasteiger partial charge on any atom is 0.243 e. The smallest absolute Gasteiger partial charge is 0.243 e.